The predicted molar refractivity (Wildman–Crippen MR) is 103 cm³/mol. The van der Waals surface area contributed by atoms with Crippen molar-refractivity contribution >= 4 is 29.9 Å². The van der Waals surface area contributed by atoms with E-state index in [4.69, 9.17) is 9.41 Å². The summed E-state index contributed by atoms with van der Waals surface area (Å²) in [5.41, 5.74) is 0. The van der Waals surface area contributed by atoms with Crippen molar-refractivity contribution < 1.29 is 4.42 Å². The van der Waals surface area contributed by atoms with E-state index < -0.39 is 0 Å². The highest BCUT2D eigenvalue weighted by atomic mass is 127. The zero-order chi connectivity index (χ0) is 15.1. The van der Waals surface area contributed by atoms with Crippen molar-refractivity contribution in [1.29, 1.82) is 0 Å². The summed E-state index contributed by atoms with van der Waals surface area (Å²) >= 11 is 0. The van der Waals surface area contributed by atoms with Gasteiger partial charge < -0.3 is 14.6 Å². The minimum absolute atomic E-state index is 0. The highest BCUT2D eigenvalue weighted by Crippen LogP contribution is 2.22. The summed E-state index contributed by atoms with van der Waals surface area (Å²) in [6, 6.07) is 3.96. The Morgan fingerprint density at radius 2 is 2.23 bits per heavy atom. The van der Waals surface area contributed by atoms with Crippen LogP contribution in [0.1, 0.15) is 39.4 Å². The summed E-state index contributed by atoms with van der Waals surface area (Å²) in [6.45, 7) is 10.9. The maximum atomic E-state index is 5.38. The quantitative estimate of drug-likeness (QED) is 0.449. The number of rotatable bonds is 5. The number of nitrogens with zero attached hydrogens (tertiary/aromatic N) is 2. The predicted octanol–water partition coefficient (Wildman–Crippen LogP) is 3.77. The van der Waals surface area contributed by atoms with Gasteiger partial charge in [0, 0.05) is 32.6 Å². The van der Waals surface area contributed by atoms with Crippen molar-refractivity contribution in [3.63, 3.8) is 0 Å². The minimum atomic E-state index is 0. The molecule has 2 heterocycles. The van der Waals surface area contributed by atoms with Gasteiger partial charge in [0.1, 0.15) is 5.76 Å². The average Bonchev–Trinajstić information content (AvgIpc) is 2.99. The Morgan fingerprint density at radius 1 is 1.41 bits per heavy atom. The number of piperidine rings is 1. The number of aliphatic imine (C=N–C) groups is 1. The van der Waals surface area contributed by atoms with Crippen LogP contribution in [0.15, 0.2) is 27.8 Å². The standard InChI is InChI=1S/C17H29N3O.HI/c1-4-9-18-17(19-10-7-16-6-5-12-21-16)20-11-8-14(2)15(3)13-20;/h5-6,12,14-15H,4,7-11,13H2,1-3H3,(H,18,19);1H. The lowest BCUT2D eigenvalue weighted by molar-refractivity contribution is 0.199. The number of furan rings is 1. The Labute approximate surface area is 151 Å². The fourth-order valence-corrected chi connectivity index (χ4v) is 2.69. The fraction of sp³-hybridized carbons (Fsp3) is 0.706. The van der Waals surface area contributed by atoms with E-state index in [-0.39, 0.29) is 24.0 Å². The summed E-state index contributed by atoms with van der Waals surface area (Å²) in [4.78, 5) is 7.16. The van der Waals surface area contributed by atoms with E-state index in [0.29, 0.717) is 0 Å². The molecule has 5 heteroatoms. The van der Waals surface area contributed by atoms with Gasteiger partial charge in [-0.05, 0) is 36.8 Å². The maximum Gasteiger partial charge on any atom is 0.193 e. The number of halogens is 1. The molecular weight excluding hydrogens is 389 g/mol. The van der Waals surface area contributed by atoms with Gasteiger partial charge in [0.25, 0.3) is 0 Å². The zero-order valence-electron chi connectivity index (χ0n) is 14.0. The third kappa shape index (κ3) is 5.82. The second-order valence-electron chi connectivity index (χ2n) is 6.15. The molecule has 2 atom stereocenters. The Hall–Kier alpha value is -0.720. The van der Waals surface area contributed by atoms with E-state index >= 15 is 0 Å². The third-order valence-corrected chi connectivity index (χ3v) is 4.35. The highest BCUT2D eigenvalue weighted by Gasteiger charge is 2.24. The highest BCUT2D eigenvalue weighted by molar-refractivity contribution is 14.0. The summed E-state index contributed by atoms with van der Waals surface area (Å²) in [7, 11) is 0. The molecule has 1 aromatic rings. The monoisotopic (exact) mass is 419 g/mol. The van der Waals surface area contributed by atoms with Gasteiger partial charge in [-0.1, -0.05) is 20.8 Å². The van der Waals surface area contributed by atoms with Crippen LogP contribution in [0.5, 0.6) is 0 Å². The van der Waals surface area contributed by atoms with Gasteiger partial charge in [-0.2, -0.15) is 0 Å². The van der Waals surface area contributed by atoms with Crippen LogP contribution in [0.2, 0.25) is 0 Å². The molecule has 126 valence electrons. The molecule has 0 aromatic carbocycles. The van der Waals surface area contributed by atoms with Gasteiger partial charge in [-0.15, -0.1) is 24.0 Å². The Kier molecular flexibility index (Phi) is 8.90. The lowest BCUT2D eigenvalue weighted by atomic mass is 9.89. The molecule has 2 unspecified atom stereocenters. The molecule has 0 bridgehead atoms. The largest absolute Gasteiger partial charge is 0.469 e. The number of hydrogen-bond acceptors (Lipinski definition) is 2. The molecule has 0 saturated carbocycles. The molecule has 0 radical (unpaired) electrons. The van der Waals surface area contributed by atoms with Crippen LogP contribution >= 0.6 is 24.0 Å². The lowest BCUT2D eigenvalue weighted by Crippen LogP contribution is -2.48. The molecule has 0 aliphatic carbocycles. The Balaban J connectivity index is 0.00000242. The van der Waals surface area contributed by atoms with Gasteiger partial charge in [-0.25, -0.2) is 0 Å². The van der Waals surface area contributed by atoms with Crippen molar-refractivity contribution in [3.8, 4) is 0 Å². The second-order valence-corrected chi connectivity index (χ2v) is 6.15. The van der Waals surface area contributed by atoms with Gasteiger partial charge in [0.2, 0.25) is 0 Å². The topological polar surface area (TPSA) is 40.8 Å². The smallest absolute Gasteiger partial charge is 0.193 e. The molecule has 0 amide bonds. The van der Waals surface area contributed by atoms with Crippen LogP contribution in [-0.4, -0.2) is 37.0 Å². The molecule has 1 aliphatic heterocycles. The van der Waals surface area contributed by atoms with Crippen molar-refractivity contribution in [2.24, 2.45) is 16.8 Å². The first-order valence-electron chi connectivity index (χ1n) is 8.26. The van der Waals surface area contributed by atoms with Crippen LogP contribution in [0.4, 0.5) is 0 Å². The number of likely N-dealkylation sites (tertiary alicyclic amines) is 1. The molecule has 2 rings (SSSR count). The first-order chi connectivity index (χ1) is 10.2. The van der Waals surface area contributed by atoms with E-state index in [1.165, 1.54) is 6.42 Å². The van der Waals surface area contributed by atoms with Crippen LogP contribution < -0.4 is 5.32 Å². The van der Waals surface area contributed by atoms with Crippen molar-refractivity contribution in [2.75, 3.05) is 26.2 Å². The van der Waals surface area contributed by atoms with Gasteiger partial charge in [0.05, 0.1) is 6.26 Å². The number of hydrogen-bond donors (Lipinski definition) is 1. The zero-order valence-corrected chi connectivity index (χ0v) is 16.4. The average molecular weight is 419 g/mol. The van der Waals surface area contributed by atoms with Gasteiger partial charge >= 0.3 is 0 Å². The molecule has 4 nitrogen and oxygen atoms in total. The summed E-state index contributed by atoms with van der Waals surface area (Å²) < 4.78 is 5.38. The molecule has 1 saturated heterocycles. The molecular formula is C17H30IN3O. The van der Waals surface area contributed by atoms with Crippen LogP contribution in [0.25, 0.3) is 0 Å². The van der Waals surface area contributed by atoms with E-state index in [2.05, 4.69) is 31.0 Å². The summed E-state index contributed by atoms with van der Waals surface area (Å²) in [6.07, 6.45) is 4.97. The molecule has 0 spiro atoms. The third-order valence-electron chi connectivity index (χ3n) is 4.35. The normalized spacial score (nSPS) is 22.3. The number of guanidine groups is 1. The Morgan fingerprint density at radius 3 is 2.86 bits per heavy atom. The molecule has 1 aromatic heterocycles. The van der Waals surface area contributed by atoms with Crippen LogP contribution in [-0.2, 0) is 6.42 Å². The number of nitrogens with one attached hydrogen (secondary N) is 1. The first-order valence-corrected chi connectivity index (χ1v) is 8.26. The summed E-state index contributed by atoms with van der Waals surface area (Å²) in [5, 5.41) is 3.51. The van der Waals surface area contributed by atoms with E-state index in [9.17, 15) is 0 Å². The van der Waals surface area contributed by atoms with Crippen molar-refractivity contribution in [3.05, 3.63) is 24.2 Å². The SMILES string of the molecule is CCCN=C(NCCc1ccco1)N1CCC(C)C(C)C1.I. The second kappa shape index (κ2) is 10.1. The van der Waals surface area contributed by atoms with Crippen LogP contribution in [0, 0.1) is 11.8 Å². The minimum Gasteiger partial charge on any atom is -0.469 e. The molecule has 22 heavy (non-hydrogen) atoms. The first kappa shape index (κ1) is 19.3. The fourth-order valence-electron chi connectivity index (χ4n) is 2.69. The van der Waals surface area contributed by atoms with E-state index in [1.807, 2.05) is 12.1 Å². The summed E-state index contributed by atoms with van der Waals surface area (Å²) in [5.74, 6) is 3.65. The van der Waals surface area contributed by atoms with Gasteiger partial charge in [-0.3, -0.25) is 4.99 Å². The lowest BCUT2D eigenvalue weighted by Gasteiger charge is -2.37. The van der Waals surface area contributed by atoms with Gasteiger partial charge in [0.15, 0.2) is 5.96 Å². The van der Waals surface area contributed by atoms with E-state index in [0.717, 1.165) is 62.6 Å². The molecule has 1 N–H and O–H groups in total. The van der Waals surface area contributed by atoms with E-state index in [1.54, 1.807) is 6.26 Å². The van der Waals surface area contributed by atoms with Crippen molar-refractivity contribution in [2.45, 2.75) is 40.0 Å². The maximum absolute atomic E-state index is 5.38. The van der Waals surface area contributed by atoms with Crippen LogP contribution in [0.3, 0.4) is 0 Å². The molecule has 1 fully saturated rings. The Bertz CT molecular complexity index is 433. The van der Waals surface area contributed by atoms with Crippen molar-refractivity contribution in [1.82, 2.24) is 10.2 Å². The molecule has 1 aliphatic rings.